The number of ether oxygens (including phenoxy) is 1. The van der Waals surface area contributed by atoms with Crippen LogP contribution in [0, 0.1) is 0 Å². The third kappa shape index (κ3) is 3.60. The second kappa shape index (κ2) is 7.97. The van der Waals surface area contributed by atoms with Gasteiger partial charge in [0.2, 0.25) is 0 Å². The van der Waals surface area contributed by atoms with E-state index in [0.717, 1.165) is 66.6 Å². The fourth-order valence-corrected chi connectivity index (χ4v) is 4.11. The molecule has 0 unspecified atom stereocenters. The Hall–Kier alpha value is -3.09. The zero-order valence-corrected chi connectivity index (χ0v) is 17.5. The highest BCUT2D eigenvalue weighted by Gasteiger charge is 2.20. The van der Waals surface area contributed by atoms with Crippen molar-refractivity contribution in [3.8, 4) is 28.3 Å². The maximum absolute atomic E-state index is 5.34. The highest BCUT2D eigenvalue weighted by atomic mass is 16.5. The summed E-state index contributed by atoms with van der Waals surface area (Å²) in [5.74, 6) is 0.858. The van der Waals surface area contributed by atoms with E-state index in [2.05, 4.69) is 62.8 Å². The fourth-order valence-electron chi connectivity index (χ4n) is 4.11. The van der Waals surface area contributed by atoms with Gasteiger partial charge >= 0.3 is 0 Å². The third-order valence-corrected chi connectivity index (χ3v) is 5.96. The standard InChI is InChI=1S/C24H27N5O/c1-27-12-14-28(15-13-27)17-22-24(18-5-8-20(30-2)9-6-18)26-23-10-7-19(16-29(22)23)21-4-3-11-25-21/h3-11,16,25H,12-15,17H2,1-2H3. The lowest BCUT2D eigenvalue weighted by molar-refractivity contribution is 0.147. The monoisotopic (exact) mass is 401 g/mol. The van der Waals surface area contributed by atoms with E-state index in [-0.39, 0.29) is 0 Å². The minimum atomic E-state index is 0.858. The van der Waals surface area contributed by atoms with Crippen molar-refractivity contribution in [2.45, 2.75) is 6.54 Å². The Bertz CT molecular complexity index is 1120. The van der Waals surface area contributed by atoms with Gasteiger partial charge in [-0.3, -0.25) is 4.90 Å². The summed E-state index contributed by atoms with van der Waals surface area (Å²) in [4.78, 5) is 13.2. The number of nitrogens with zero attached hydrogens (tertiary/aromatic N) is 4. The first-order valence-electron chi connectivity index (χ1n) is 10.4. The quantitative estimate of drug-likeness (QED) is 0.553. The minimum absolute atomic E-state index is 0.858. The van der Waals surface area contributed by atoms with E-state index in [4.69, 9.17) is 9.72 Å². The highest BCUT2D eigenvalue weighted by molar-refractivity contribution is 5.69. The number of rotatable bonds is 5. The zero-order chi connectivity index (χ0) is 20.5. The fraction of sp³-hybridized carbons (Fsp3) is 0.292. The van der Waals surface area contributed by atoms with Gasteiger partial charge in [0.25, 0.3) is 0 Å². The molecule has 0 radical (unpaired) electrons. The average Bonchev–Trinajstić information content (AvgIpc) is 3.44. The Balaban J connectivity index is 1.60. The van der Waals surface area contributed by atoms with Gasteiger partial charge in [-0.15, -0.1) is 0 Å². The van der Waals surface area contributed by atoms with Gasteiger partial charge in [0.1, 0.15) is 11.4 Å². The first-order chi connectivity index (χ1) is 14.7. The summed E-state index contributed by atoms with van der Waals surface area (Å²) < 4.78 is 7.60. The summed E-state index contributed by atoms with van der Waals surface area (Å²) in [5, 5.41) is 0. The van der Waals surface area contributed by atoms with E-state index in [0.29, 0.717) is 0 Å². The number of benzene rings is 1. The number of aromatic nitrogens is 3. The Morgan fingerprint density at radius 1 is 0.967 bits per heavy atom. The van der Waals surface area contributed by atoms with E-state index >= 15 is 0 Å². The van der Waals surface area contributed by atoms with Crippen molar-refractivity contribution in [1.82, 2.24) is 24.2 Å². The van der Waals surface area contributed by atoms with Crippen molar-refractivity contribution in [2.75, 3.05) is 40.3 Å². The van der Waals surface area contributed by atoms with E-state index in [1.54, 1.807) is 7.11 Å². The molecule has 0 saturated carbocycles. The number of hydrogen-bond donors (Lipinski definition) is 1. The lowest BCUT2D eigenvalue weighted by Crippen LogP contribution is -2.44. The lowest BCUT2D eigenvalue weighted by atomic mass is 10.1. The lowest BCUT2D eigenvalue weighted by Gasteiger charge is -2.32. The molecule has 6 heteroatoms. The first kappa shape index (κ1) is 18.9. The third-order valence-electron chi connectivity index (χ3n) is 5.96. The van der Waals surface area contributed by atoms with E-state index in [1.807, 2.05) is 24.4 Å². The van der Waals surface area contributed by atoms with Crippen LogP contribution in [0.25, 0.3) is 28.2 Å². The Morgan fingerprint density at radius 3 is 2.43 bits per heavy atom. The minimum Gasteiger partial charge on any atom is -0.497 e. The predicted molar refractivity (Wildman–Crippen MR) is 120 cm³/mol. The van der Waals surface area contributed by atoms with Crippen LogP contribution in [-0.2, 0) is 6.54 Å². The van der Waals surface area contributed by atoms with Gasteiger partial charge in [0.15, 0.2) is 0 Å². The number of pyridine rings is 1. The molecule has 0 atom stereocenters. The molecule has 4 heterocycles. The van der Waals surface area contributed by atoms with Gasteiger partial charge in [0.05, 0.1) is 18.5 Å². The van der Waals surface area contributed by atoms with Crippen LogP contribution >= 0.6 is 0 Å². The molecule has 1 saturated heterocycles. The van der Waals surface area contributed by atoms with E-state index < -0.39 is 0 Å². The van der Waals surface area contributed by atoms with Crippen LogP contribution < -0.4 is 4.74 Å². The molecule has 1 aliphatic rings. The summed E-state index contributed by atoms with van der Waals surface area (Å²) in [6.45, 7) is 5.22. The summed E-state index contributed by atoms with van der Waals surface area (Å²) >= 11 is 0. The molecular formula is C24H27N5O. The van der Waals surface area contributed by atoms with Crippen LogP contribution in [0.15, 0.2) is 60.9 Å². The topological polar surface area (TPSA) is 48.8 Å². The van der Waals surface area contributed by atoms with Crippen molar-refractivity contribution in [1.29, 1.82) is 0 Å². The van der Waals surface area contributed by atoms with Crippen molar-refractivity contribution in [3.05, 3.63) is 66.6 Å². The molecule has 3 aromatic heterocycles. The molecule has 0 amide bonds. The largest absolute Gasteiger partial charge is 0.497 e. The van der Waals surface area contributed by atoms with Gasteiger partial charge in [-0.1, -0.05) is 0 Å². The number of methoxy groups -OCH3 is 1. The number of hydrogen-bond acceptors (Lipinski definition) is 4. The van der Waals surface area contributed by atoms with Crippen LogP contribution in [-0.4, -0.2) is 64.5 Å². The summed E-state index contributed by atoms with van der Waals surface area (Å²) in [7, 11) is 3.89. The second-order valence-corrected chi connectivity index (χ2v) is 7.94. The molecule has 1 aromatic carbocycles. The number of imidazole rings is 1. The van der Waals surface area contributed by atoms with Gasteiger partial charge in [0, 0.05) is 61.9 Å². The SMILES string of the molecule is COc1ccc(-c2nc3ccc(-c4ccc[nH]4)cn3c2CN2CCN(C)CC2)cc1. The van der Waals surface area contributed by atoms with E-state index in [9.17, 15) is 0 Å². The Labute approximate surface area is 176 Å². The molecule has 6 nitrogen and oxygen atoms in total. The van der Waals surface area contributed by atoms with Crippen molar-refractivity contribution in [3.63, 3.8) is 0 Å². The molecule has 1 fully saturated rings. The van der Waals surface area contributed by atoms with Crippen LogP contribution in [0.5, 0.6) is 5.75 Å². The molecule has 0 aliphatic carbocycles. The average molecular weight is 402 g/mol. The number of aromatic amines is 1. The maximum Gasteiger partial charge on any atom is 0.137 e. The number of likely N-dealkylation sites (N-methyl/N-ethyl adjacent to an activating group) is 1. The number of piperazine rings is 1. The number of fused-ring (bicyclic) bond motifs is 1. The second-order valence-electron chi connectivity index (χ2n) is 7.94. The van der Waals surface area contributed by atoms with Gasteiger partial charge < -0.3 is 19.0 Å². The van der Waals surface area contributed by atoms with E-state index in [1.165, 1.54) is 5.69 Å². The maximum atomic E-state index is 5.34. The van der Waals surface area contributed by atoms with Crippen LogP contribution in [0.4, 0.5) is 0 Å². The Kier molecular flexibility index (Phi) is 5.02. The van der Waals surface area contributed by atoms with Crippen LogP contribution in [0.1, 0.15) is 5.69 Å². The molecule has 0 bridgehead atoms. The van der Waals surface area contributed by atoms with Crippen LogP contribution in [0.3, 0.4) is 0 Å². The highest BCUT2D eigenvalue weighted by Crippen LogP contribution is 2.29. The van der Waals surface area contributed by atoms with Gasteiger partial charge in [-0.05, 0) is 55.6 Å². The van der Waals surface area contributed by atoms with Crippen molar-refractivity contribution in [2.24, 2.45) is 0 Å². The van der Waals surface area contributed by atoms with Crippen LogP contribution in [0.2, 0.25) is 0 Å². The predicted octanol–water partition coefficient (Wildman–Crippen LogP) is 3.75. The summed E-state index contributed by atoms with van der Waals surface area (Å²) in [6, 6.07) is 16.6. The van der Waals surface area contributed by atoms with Gasteiger partial charge in [-0.2, -0.15) is 0 Å². The molecule has 5 rings (SSSR count). The molecule has 1 N–H and O–H groups in total. The summed E-state index contributed by atoms with van der Waals surface area (Å²) in [6.07, 6.45) is 4.16. The molecule has 30 heavy (non-hydrogen) atoms. The smallest absolute Gasteiger partial charge is 0.137 e. The molecular weight excluding hydrogens is 374 g/mol. The Morgan fingerprint density at radius 2 is 1.73 bits per heavy atom. The molecule has 1 aliphatic heterocycles. The summed E-state index contributed by atoms with van der Waals surface area (Å²) in [5.41, 5.74) is 6.63. The number of nitrogens with one attached hydrogen (secondary N) is 1. The zero-order valence-electron chi connectivity index (χ0n) is 17.5. The normalized spacial score (nSPS) is 15.7. The molecule has 4 aromatic rings. The first-order valence-corrected chi connectivity index (χ1v) is 10.4. The number of H-pyrrole nitrogens is 1. The van der Waals surface area contributed by atoms with Crippen molar-refractivity contribution >= 4 is 5.65 Å². The van der Waals surface area contributed by atoms with Gasteiger partial charge in [-0.25, -0.2) is 4.98 Å². The van der Waals surface area contributed by atoms with Crippen molar-refractivity contribution < 1.29 is 4.74 Å². The molecule has 154 valence electrons. The molecule has 0 spiro atoms.